The molecule has 0 unspecified atom stereocenters. The fourth-order valence-corrected chi connectivity index (χ4v) is 2.15. The fourth-order valence-electron chi connectivity index (χ4n) is 1.92. The highest BCUT2D eigenvalue weighted by molar-refractivity contribution is 6.31. The first-order valence-electron chi connectivity index (χ1n) is 5.28. The lowest BCUT2D eigenvalue weighted by atomic mass is 9.80. The van der Waals surface area contributed by atoms with E-state index in [-0.39, 0.29) is 36.3 Å². The molecule has 1 fully saturated rings. The van der Waals surface area contributed by atoms with Crippen molar-refractivity contribution < 1.29 is 13.9 Å². The van der Waals surface area contributed by atoms with Crippen LogP contribution >= 0.6 is 24.0 Å². The van der Waals surface area contributed by atoms with E-state index >= 15 is 0 Å². The monoisotopic (exact) mass is 293 g/mol. The number of hydrogen-bond acceptors (Lipinski definition) is 2. The van der Waals surface area contributed by atoms with E-state index in [0.717, 1.165) is 0 Å². The maximum atomic E-state index is 13.2. The predicted molar refractivity (Wildman–Crippen MR) is 69.7 cm³/mol. The van der Waals surface area contributed by atoms with Crippen molar-refractivity contribution in [3.8, 4) is 0 Å². The second-order valence-electron chi connectivity index (χ2n) is 4.81. The first-order chi connectivity index (χ1) is 7.90. The molecule has 0 aromatic heterocycles. The van der Waals surface area contributed by atoms with E-state index < -0.39 is 6.09 Å². The van der Waals surface area contributed by atoms with E-state index in [1.54, 1.807) is 0 Å². The number of carbonyl (C=O) groups excluding carboxylic acids is 1. The van der Waals surface area contributed by atoms with E-state index in [9.17, 15) is 9.18 Å². The third kappa shape index (κ3) is 2.87. The van der Waals surface area contributed by atoms with Gasteiger partial charge in [-0.2, -0.15) is 0 Å². The highest BCUT2D eigenvalue weighted by Gasteiger charge is 2.38. The van der Waals surface area contributed by atoms with Gasteiger partial charge in [0, 0.05) is 10.4 Å². The van der Waals surface area contributed by atoms with E-state index in [1.165, 1.54) is 18.2 Å². The number of hydrogen-bond donors (Lipinski definition) is 1. The number of rotatable bonds is 1. The average Bonchev–Trinajstić information content (AvgIpc) is 2.26. The molecule has 0 bridgehead atoms. The van der Waals surface area contributed by atoms with Gasteiger partial charge in [0.15, 0.2) is 0 Å². The lowest BCUT2D eigenvalue weighted by Crippen LogP contribution is -2.47. The molecule has 0 saturated carbocycles. The molecule has 1 aromatic carbocycles. The Morgan fingerprint density at radius 3 is 2.83 bits per heavy atom. The molecule has 1 amide bonds. The van der Waals surface area contributed by atoms with Crippen LogP contribution in [0.3, 0.4) is 0 Å². The molecule has 1 atom stereocenters. The molecule has 6 heteroatoms. The van der Waals surface area contributed by atoms with Gasteiger partial charge < -0.3 is 10.1 Å². The molecule has 3 nitrogen and oxygen atoms in total. The van der Waals surface area contributed by atoms with E-state index in [0.29, 0.717) is 10.6 Å². The van der Waals surface area contributed by atoms with Gasteiger partial charge in [0.25, 0.3) is 0 Å². The zero-order valence-corrected chi connectivity index (χ0v) is 11.6. The maximum Gasteiger partial charge on any atom is 0.407 e. The van der Waals surface area contributed by atoms with Gasteiger partial charge in [0.1, 0.15) is 12.4 Å². The van der Waals surface area contributed by atoms with Crippen molar-refractivity contribution in [2.24, 2.45) is 5.41 Å². The Kier molecular flexibility index (Phi) is 4.46. The molecule has 1 aliphatic heterocycles. The summed E-state index contributed by atoms with van der Waals surface area (Å²) in [5.74, 6) is -0.374. The van der Waals surface area contributed by atoms with Gasteiger partial charge in [-0.3, -0.25) is 0 Å². The van der Waals surface area contributed by atoms with Crippen LogP contribution in [-0.2, 0) is 4.74 Å². The summed E-state index contributed by atoms with van der Waals surface area (Å²) in [4.78, 5) is 11.3. The first-order valence-corrected chi connectivity index (χ1v) is 5.66. The maximum absolute atomic E-state index is 13.2. The van der Waals surface area contributed by atoms with Gasteiger partial charge in [0.05, 0.1) is 6.04 Å². The zero-order chi connectivity index (χ0) is 12.6. The van der Waals surface area contributed by atoms with Gasteiger partial charge >= 0.3 is 6.09 Å². The minimum absolute atomic E-state index is 0. The Hall–Kier alpha value is -1.00. The number of cyclic esters (lactones) is 1. The Labute approximate surface area is 116 Å². The summed E-state index contributed by atoms with van der Waals surface area (Å²) in [6.45, 7) is 4.13. The summed E-state index contributed by atoms with van der Waals surface area (Å²) < 4.78 is 18.2. The average molecular weight is 294 g/mol. The molecule has 1 saturated heterocycles. The molecule has 18 heavy (non-hydrogen) atoms. The molecule has 0 spiro atoms. The Morgan fingerprint density at radius 1 is 1.50 bits per heavy atom. The van der Waals surface area contributed by atoms with Crippen molar-refractivity contribution in [2.45, 2.75) is 19.9 Å². The number of amides is 1. The molecule has 1 heterocycles. The third-order valence-corrected chi connectivity index (χ3v) is 3.23. The normalized spacial score (nSPS) is 21.6. The summed E-state index contributed by atoms with van der Waals surface area (Å²) in [6, 6.07) is 3.77. The van der Waals surface area contributed by atoms with Crippen LogP contribution in [0.4, 0.5) is 9.18 Å². The summed E-state index contributed by atoms with van der Waals surface area (Å²) in [5.41, 5.74) is 0.235. The summed E-state index contributed by atoms with van der Waals surface area (Å²) in [7, 11) is 0. The van der Waals surface area contributed by atoms with Crippen molar-refractivity contribution in [1.29, 1.82) is 0 Å². The summed E-state index contributed by atoms with van der Waals surface area (Å²) in [5, 5.41) is 3.12. The van der Waals surface area contributed by atoms with Gasteiger partial charge in [-0.15, -0.1) is 12.4 Å². The molecule has 1 aromatic rings. The molecule has 0 radical (unpaired) electrons. The van der Waals surface area contributed by atoms with Crippen LogP contribution in [0.5, 0.6) is 0 Å². The number of halogens is 3. The van der Waals surface area contributed by atoms with E-state index in [2.05, 4.69) is 5.32 Å². The molecular weight excluding hydrogens is 280 g/mol. The van der Waals surface area contributed by atoms with Crippen LogP contribution in [0.1, 0.15) is 25.5 Å². The van der Waals surface area contributed by atoms with Gasteiger partial charge in [-0.1, -0.05) is 25.4 Å². The van der Waals surface area contributed by atoms with Gasteiger partial charge in [-0.05, 0) is 23.8 Å². The van der Waals surface area contributed by atoms with Crippen molar-refractivity contribution in [3.63, 3.8) is 0 Å². The number of ether oxygens (including phenoxy) is 1. The minimum Gasteiger partial charge on any atom is -0.449 e. The van der Waals surface area contributed by atoms with Crippen LogP contribution in [0.25, 0.3) is 0 Å². The van der Waals surface area contributed by atoms with E-state index in [1.807, 2.05) is 13.8 Å². The topological polar surface area (TPSA) is 38.3 Å². The largest absolute Gasteiger partial charge is 0.449 e. The fraction of sp³-hybridized carbons (Fsp3) is 0.417. The van der Waals surface area contributed by atoms with Crippen molar-refractivity contribution in [1.82, 2.24) is 5.32 Å². The highest BCUT2D eigenvalue weighted by atomic mass is 35.5. The summed E-state index contributed by atoms with van der Waals surface area (Å²) >= 11 is 6.05. The summed E-state index contributed by atoms with van der Waals surface area (Å²) in [6.07, 6.45) is -0.505. The van der Waals surface area contributed by atoms with E-state index in [4.69, 9.17) is 16.3 Å². The second-order valence-corrected chi connectivity index (χ2v) is 5.22. The van der Waals surface area contributed by atoms with Crippen molar-refractivity contribution >= 4 is 30.1 Å². The molecular formula is C12H14Cl2FNO2. The van der Waals surface area contributed by atoms with Crippen LogP contribution in [0.15, 0.2) is 18.2 Å². The number of benzene rings is 1. The van der Waals surface area contributed by atoms with Gasteiger partial charge in [-0.25, -0.2) is 9.18 Å². The Bertz CT molecular complexity index is 465. The standard InChI is InChI=1S/C12H13ClFNO2.ClH/c1-12(2)6-17-11(16)15-10(12)8-5-7(14)3-4-9(8)13;/h3-5,10H,6H2,1-2H3,(H,15,16);1H/t10-;/m1./s1. The Morgan fingerprint density at radius 2 is 2.17 bits per heavy atom. The van der Waals surface area contributed by atoms with Crippen LogP contribution in [-0.4, -0.2) is 12.7 Å². The second kappa shape index (κ2) is 5.33. The van der Waals surface area contributed by atoms with Crippen LogP contribution in [0, 0.1) is 11.2 Å². The lowest BCUT2D eigenvalue weighted by Gasteiger charge is -2.38. The number of alkyl carbamates (subject to hydrolysis) is 1. The zero-order valence-electron chi connectivity index (χ0n) is 10.00. The molecule has 0 aliphatic carbocycles. The Balaban J connectivity index is 0.00000162. The quantitative estimate of drug-likeness (QED) is 0.857. The van der Waals surface area contributed by atoms with Crippen LogP contribution < -0.4 is 5.32 Å². The predicted octanol–water partition coefficient (Wildman–Crippen LogP) is 3.71. The molecule has 1 aliphatic rings. The van der Waals surface area contributed by atoms with Gasteiger partial charge in [0.2, 0.25) is 0 Å². The molecule has 1 N–H and O–H groups in total. The third-order valence-electron chi connectivity index (χ3n) is 2.89. The number of nitrogens with one attached hydrogen (secondary N) is 1. The number of carbonyl (C=O) groups is 1. The molecule has 100 valence electrons. The van der Waals surface area contributed by atoms with Crippen molar-refractivity contribution in [3.05, 3.63) is 34.6 Å². The highest BCUT2D eigenvalue weighted by Crippen LogP contribution is 2.39. The van der Waals surface area contributed by atoms with Crippen molar-refractivity contribution in [2.75, 3.05) is 6.61 Å². The minimum atomic E-state index is -0.505. The van der Waals surface area contributed by atoms with Crippen LogP contribution in [0.2, 0.25) is 5.02 Å². The molecule has 2 rings (SSSR count). The lowest BCUT2D eigenvalue weighted by molar-refractivity contribution is 0.0387. The first kappa shape index (κ1) is 15.1. The smallest absolute Gasteiger partial charge is 0.407 e. The SMILES string of the molecule is CC1(C)COC(=O)N[C@@H]1c1cc(F)ccc1Cl.Cl.